The summed E-state index contributed by atoms with van der Waals surface area (Å²) in [4.78, 5) is 16.8. The number of para-hydroxylation sites is 1. The Morgan fingerprint density at radius 3 is 2.37 bits per heavy atom. The van der Waals surface area contributed by atoms with Crippen LogP contribution in [0.1, 0.15) is 22.3 Å². The second kappa shape index (κ2) is 8.77. The van der Waals surface area contributed by atoms with Gasteiger partial charge in [0.25, 0.3) is 5.91 Å². The van der Waals surface area contributed by atoms with Crippen LogP contribution in [0.4, 0.5) is 17.1 Å². The maximum atomic E-state index is 12.1. The third-order valence-corrected chi connectivity index (χ3v) is 4.99. The number of rotatable bonds is 6. The number of aryl methyl sites for hydroxylation is 1. The molecule has 1 heterocycles. The normalized spacial score (nSPS) is 14.3. The summed E-state index contributed by atoms with van der Waals surface area (Å²) in [5, 5.41) is 11.6. The van der Waals surface area contributed by atoms with E-state index in [0.29, 0.717) is 24.2 Å². The van der Waals surface area contributed by atoms with Gasteiger partial charge in [0, 0.05) is 50.6 Å². The van der Waals surface area contributed by atoms with E-state index < -0.39 is 0 Å². The smallest absolute Gasteiger partial charge is 0.251 e. The van der Waals surface area contributed by atoms with Crippen LogP contribution in [0, 0.1) is 6.92 Å². The van der Waals surface area contributed by atoms with Gasteiger partial charge in [0.1, 0.15) is 0 Å². The number of amides is 1. The van der Waals surface area contributed by atoms with E-state index in [1.54, 1.807) is 6.07 Å². The van der Waals surface area contributed by atoms with Crippen molar-refractivity contribution in [3.63, 3.8) is 0 Å². The lowest BCUT2D eigenvalue weighted by Crippen LogP contribution is -2.47. The average molecular weight is 368 g/mol. The monoisotopic (exact) mass is 368 g/mol. The van der Waals surface area contributed by atoms with Crippen molar-refractivity contribution in [2.75, 3.05) is 54.9 Å². The van der Waals surface area contributed by atoms with Crippen LogP contribution >= 0.6 is 0 Å². The van der Waals surface area contributed by atoms with Crippen molar-refractivity contribution in [3.8, 4) is 0 Å². The Balaban J connectivity index is 1.63. The van der Waals surface area contributed by atoms with Gasteiger partial charge < -0.3 is 26.0 Å². The lowest BCUT2D eigenvalue weighted by atomic mass is 10.1. The number of aliphatic hydroxyl groups excluding tert-OH is 1. The highest BCUT2D eigenvalue weighted by Crippen LogP contribution is 2.27. The minimum atomic E-state index is -0.161. The highest BCUT2D eigenvalue weighted by Gasteiger charge is 2.20. The van der Waals surface area contributed by atoms with Gasteiger partial charge in [0.15, 0.2) is 0 Å². The first-order chi connectivity index (χ1) is 13.1. The fraction of sp³-hybridized carbons (Fsp3) is 0.381. The molecule has 0 aliphatic carbocycles. The molecule has 4 N–H and O–H groups in total. The second-order valence-electron chi connectivity index (χ2n) is 6.87. The van der Waals surface area contributed by atoms with Crippen LogP contribution in [0.2, 0.25) is 0 Å². The molecule has 6 nitrogen and oxygen atoms in total. The summed E-state index contributed by atoms with van der Waals surface area (Å²) in [5.41, 5.74) is 11.0. The number of nitrogens with zero attached hydrogens (tertiary/aromatic N) is 2. The first-order valence-electron chi connectivity index (χ1n) is 9.44. The van der Waals surface area contributed by atoms with E-state index in [1.807, 2.05) is 12.1 Å². The molecule has 0 unspecified atom stereocenters. The average Bonchev–Trinajstić information content (AvgIpc) is 2.69. The summed E-state index contributed by atoms with van der Waals surface area (Å²) in [6.07, 6.45) is 0.546. The number of anilines is 3. The van der Waals surface area contributed by atoms with Crippen molar-refractivity contribution < 1.29 is 9.90 Å². The van der Waals surface area contributed by atoms with E-state index >= 15 is 0 Å². The van der Waals surface area contributed by atoms with Gasteiger partial charge in [-0.1, -0.05) is 18.2 Å². The van der Waals surface area contributed by atoms with E-state index in [2.05, 4.69) is 46.3 Å². The molecule has 6 heteroatoms. The van der Waals surface area contributed by atoms with E-state index in [1.165, 1.54) is 11.3 Å². The highest BCUT2D eigenvalue weighted by atomic mass is 16.3. The fourth-order valence-electron chi connectivity index (χ4n) is 3.47. The number of carbonyl (C=O) groups is 1. The first-order valence-corrected chi connectivity index (χ1v) is 9.44. The molecule has 0 radical (unpaired) electrons. The predicted molar refractivity (Wildman–Crippen MR) is 110 cm³/mol. The van der Waals surface area contributed by atoms with Crippen molar-refractivity contribution in [1.29, 1.82) is 0 Å². The van der Waals surface area contributed by atoms with Crippen LogP contribution in [-0.4, -0.2) is 50.3 Å². The van der Waals surface area contributed by atoms with Gasteiger partial charge in [0.05, 0.1) is 11.4 Å². The maximum Gasteiger partial charge on any atom is 0.251 e. The molecule has 2 aromatic rings. The van der Waals surface area contributed by atoms with Crippen LogP contribution in [0.5, 0.6) is 0 Å². The number of piperazine rings is 1. The van der Waals surface area contributed by atoms with Crippen LogP contribution in [0.25, 0.3) is 0 Å². The molecule has 1 fully saturated rings. The number of nitrogens with one attached hydrogen (secondary N) is 1. The Morgan fingerprint density at radius 2 is 1.74 bits per heavy atom. The zero-order chi connectivity index (χ0) is 19.2. The zero-order valence-electron chi connectivity index (χ0n) is 15.8. The van der Waals surface area contributed by atoms with Gasteiger partial charge in [-0.3, -0.25) is 4.79 Å². The SMILES string of the molecule is Cc1ccccc1N1CCN(c2ccc(C(=O)NCCCO)cc2N)CC1. The van der Waals surface area contributed by atoms with E-state index in [0.717, 1.165) is 31.9 Å². The Morgan fingerprint density at radius 1 is 1.07 bits per heavy atom. The molecule has 1 aliphatic heterocycles. The molecule has 0 atom stereocenters. The molecule has 0 aromatic heterocycles. The summed E-state index contributed by atoms with van der Waals surface area (Å²) in [5.74, 6) is -0.161. The van der Waals surface area contributed by atoms with Crippen molar-refractivity contribution in [1.82, 2.24) is 5.32 Å². The first kappa shape index (κ1) is 19.0. The maximum absolute atomic E-state index is 12.1. The van der Waals surface area contributed by atoms with Gasteiger partial charge in [-0.05, 0) is 43.2 Å². The lowest BCUT2D eigenvalue weighted by molar-refractivity contribution is 0.0951. The number of nitrogen functional groups attached to an aromatic ring is 1. The highest BCUT2D eigenvalue weighted by molar-refractivity contribution is 5.96. The molecule has 27 heavy (non-hydrogen) atoms. The molecular formula is C21H28N4O2. The molecule has 1 saturated heterocycles. The van der Waals surface area contributed by atoms with Crippen molar-refractivity contribution in [2.45, 2.75) is 13.3 Å². The van der Waals surface area contributed by atoms with Crippen LogP contribution in [-0.2, 0) is 0 Å². The van der Waals surface area contributed by atoms with Crippen molar-refractivity contribution >= 4 is 23.0 Å². The van der Waals surface area contributed by atoms with Gasteiger partial charge >= 0.3 is 0 Å². The number of hydrogen-bond donors (Lipinski definition) is 3. The molecule has 0 saturated carbocycles. The quantitative estimate of drug-likeness (QED) is 0.537. The minimum Gasteiger partial charge on any atom is -0.397 e. The summed E-state index contributed by atoms with van der Waals surface area (Å²) < 4.78 is 0. The summed E-state index contributed by atoms with van der Waals surface area (Å²) >= 11 is 0. The molecule has 1 aliphatic rings. The lowest BCUT2D eigenvalue weighted by Gasteiger charge is -2.38. The van der Waals surface area contributed by atoms with Gasteiger partial charge in [-0.25, -0.2) is 0 Å². The van der Waals surface area contributed by atoms with Gasteiger partial charge in [-0.2, -0.15) is 0 Å². The Hall–Kier alpha value is -2.73. The van der Waals surface area contributed by atoms with E-state index in [9.17, 15) is 4.79 Å². The van der Waals surface area contributed by atoms with Crippen LogP contribution < -0.4 is 20.9 Å². The number of carbonyl (C=O) groups excluding carboxylic acids is 1. The molecule has 0 bridgehead atoms. The summed E-state index contributed by atoms with van der Waals surface area (Å²) in [7, 11) is 0. The number of nitrogens with two attached hydrogens (primary N) is 1. The molecule has 0 spiro atoms. The Bertz CT molecular complexity index is 786. The largest absolute Gasteiger partial charge is 0.397 e. The van der Waals surface area contributed by atoms with E-state index in [4.69, 9.17) is 10.8 Å². The zero-order valence-corrected chi connectivity index (χ0v) is 15.8. The second-order valence-corrected chi connectivity index (χ2v) is 6.87. The molecule has 144 valence electrons. The summed E-state index contributed by atoms with van der Waals surface area (Å²) in [6.45, 7) is 6.32. The molecule has 1 amide bonds. The fourth-order valence-corrected chi connectivity index (χ4v) is 3.47. The van der Waals surface area contributed by atoms with E-state index in [-0.39, 0.29) is 12.5 Å². The Labute approximate surface area is 160 Å². The third-order valence-electron chi connectivity index (χ3n) is 4.99. The predicted octanol–water partition coefficient (Wildman–Crippen LogP) is 2.02. The van der Waals surface area contributed by atoms with Gasteiger partial charge in [0.2, 0.25) is 0 Å². The van der Waals surface area contributed by atoms with Crippen LogP contribution in [0.15, 0.2) is 42.5 Å². The van der Waals surface area contributed by atoms with Crippen LogP contribution in [0.3, 0.4) is 0 Å². The van der Waals surface area contributed by atoms with Crippen molar-refractivity contribution in [3.05, 3.63) is 53.6 Å². The molecular weight excluding hydrogens is 340 g/mol. The third kappa shape index (κ3) is 4.52. The number of aliphatic hydroxyl groups is 1. The number of hydrogen-bond acceptors (Lipinski definition) is 5. The molecule has 2 aromatic carbocycles. The molecule has 3 rings (SSSR count). The summed E-state index contributed by atoms with van der Waals surface area (Å²) in [6, 6.07) is 13.9. The number of benzene rings is 2. The Kier molecular flexibility index (Phi) is 6.19. The van der Waals surface area contributed by atoms with Crippen molar-refractivity contribution in [2.24, 2.45) is 0 Å². The minimum absolute atomic E-state index is 0.0653. The topological polar surface area (TPSA) is 81.8 Å². The standard InChI is InChI=1S/C21H28N4O2/c1-16-5-2-3-6-19(16)24-10-12-25(13-11-24)20-8-7-17(15-18(20)22)21(27)23-9-4-14-26/h2-3,5-8,15,26H,4,9-14,22H2,1H3,(H,23,27). The van der Waals surface area contributed by atoms with Gasteiger partial charge in [-0.15, -0.1) is 0 Å².